The first-order valence-electron chi connectivity index (χ1n) is 19.2. The van der Waals surface area contributed by atoms with E-state index in [9.17, 15) is 9.59 Å². The molecular formula is C42H62Cl2N6O3. The molecule has 0 saturated heterocycles. The molecule has 1 amide bonds. The Bertz CT molecular complexity index is 1680. The number of rotatable bonds is 18. The summed E-state index contributed by atoms with van der Waals surface area (Å²) in [6.45, 7) is 20.0. The van der Waals surface area contributed by atoms with E-state index in [1.165, 1.54) is 0 Å². The maximum absolute atomic E-state index is 12.7. The Kier molecular flexibility index (Phi) is 21.1. The number of halogens is 2. The molecule has 0 saturated carbocycles. The van der Waals surface area contributed by atoms with Crippen molar-refractivity contribution in [3.63, 3.8) is 0 Å². The number of pyridine rings is 2. The number of anilines is 2. The van der Waals surface area contributed by atoms with Gasteiger partial charge in [-0.3, -0.25) is 19.6 Å². The molecule has 292 valence electrons. The monoisotopic (exact) mass is 768 g/mol. The Morgan fingerprint density at radius 2 is 1.17 bits per heavy atom. The number of carboxylic acids is 1. The highest BCUT2D eigenvalue weighted by atomic mass is 35.5. The van der Waals surface area contributed by atoms with E-state index in [2.05, 4.69) is 67.5 Å². The highest BCUT2D eigenvalue weighted by molar-refractivity contribution is 6.31. The van der Waals surface area contributed by atoms with Gasteiger partial charge in [0, 0.05) is 82.2 Å². The third-order valence-corrected chi connectivity index (χ3v) is 9.57. The Morgan fingerprint density at radius 1 is 0.698 bits per heavy atom. The van der Waals surface area contributed by atoms with Gasteiger partial charge in [0.25, 0.3) is 0 Å². The summed E-state index contributed by atoms with van der Waals surface area (Å²) in [6, 6.07) is 16.3. The Morgan fingerprint density at radius 3 is 1.57 bits per heavy atom. The average Bonchev–Trinajstić information content (AvgIpc) is 3.12. The van der Waals surface area contributed by atoms with Gasteiger partial charge in [-0.15, -0.1) is 0 Å². The Balaban J connectivity index is 0.000000314. The second-order valence-electron chi connectivity index (χ2n) is 13.7. The second-order valence-corrected chi connectivity index (χ2v) is 14.6. The van der Waals surface area contributed by atoms with Crippen LogP contribution in [0.1, 0.15) is 93.9 Å². The largest absolute Gasteiger partial charge is 0.481 e. The summed E-state index contributed by atoms with van der Waals surface area (Å²) in [6.07, 6.45) is 8.89. The zero-order chi connectivity index (χ0) is 39.3. The molecular weight excluding hydrogens is 707 g/mol. The molecule has 9 nitrogen and oxygen atoms in total. The summed E-state index contributed by atoms with van der Waals surface area (Å²) in [5.74, 6) is -0.377. The van der Waals surface area contributed by atoms with Crippen molar-refractivity contribution in [2.45, 2.75) is 106 Å². The van der Waals surface area contributed by atoms with Crippen LogP contribution in [0.25, 0.3) is 21.8 Å². The van der Waals surface area contributed by atoms with Crippen LogP contribution in [-0.2, 0) is 9.59 Å². The number of aromatic nitrogens is 2. The molecule has 4 N–H and O–H groups in total. The number of amides is 1. The second kappa shape index (κ2) is 24.6. The van der Waals surface area contributed by atoms with Gasteiger partial charge in [-0.05, 0) is 107 Å². The van der Waals surface area contributed by atoms with Crippen molar-refractivity contribution in [2.75, 3.05) is 36.8 Å². The van der Waals surface area contributed by atoms with E-state index in [4.69, 9.17) is 28.3 Å². The molecule has 0 spiro atoms. The van der Waals surface area contributed by atoms with E-state index in [1.54, 1.807) is 6.20 Å². The number of benzene rings is 2. The minimum absolute atomic E-state index is 0.130. The van der Waals surface area contributed by atoms with Gasteiger partial charge in [-0.1, -0.05) is 64.7 Å². The van der Waals surface area contributed by atoms with Gasteiger partial charge in [0.05, 0.1) is 17.0 Å². The number of aliphatic carboxylic acids is 1. The SMILES string of the molecule is CC(C)NCCCNc1ccnc2cc(Cl)ccc12.CCC(CC)C(=O)N(CCCNc1ccnc2cc(Cl)ccc12)C(C)C.CCC(CC)C(=O)O. The van der Waals surface area contributed by atoms with E-state index in [1.807, 2.05) is 73.5 Å². The lowest BCUT2D eigenvalue weighted by Crippen LogP contribution is -2.41. The normalized spacial score (nSPS) is 11.1. The number of hydrogen-bond acceptors (Lipinski definition) is 7. The number of carbonyl (C=O) groups excluding carboxylic acids is 1. The van der Waals surface area contributed by atoms with Crippen LogP contribution in [0.3, 0.4) is 0 Å². The minimum Gasteiger partial charge on any atom is -0.481 e. The molecule has 0 aliphatic heterocycles. The lowest BCUT2D eigenvalue weighted by Gasteiger charge is -2.30. The maximum Gasteiger partial charge on any atom is 0.306 e. The zero-order valence-electron chi connectivity index (χ0n) is 33.0. The fraction of sp³-hybridized carbons (Fsp3) is 0.524. The molecule has 4 rings (SSSR count). The lowest BCUT2D eigenvalue weighted by atomic mass is 10.0. The van der Waals surface area contributed by atoms with Crippen molar-refractivity contribution >= 4 is 68.3 Å². The lowest BCUT2D eigenvalue weighted by molar-refractivity contribution is -0.142. The summed E-state index contributed by atoms with van der Waals surface area (Å²) in [4.78, 5) is 33.6. The van der Waals surface area contributed by atoms with Crippen LogP contribution in [0.4, 0.5) is 11.4 Å². The molecule has 0 bridgehead atoms. The van der Waals surface area contributed by atoms with Crippen LogP contribution in [0, 0.1) is 11.8 Å². The molecule has 2 aromatic heterocycles. The molecule has 11 heteroatoms. The predicted molar refractivity (Wildman–Crippen MR) is 225 cm³/mol. The third kappa shape index (κ3) is 15.7. The first-order valence-corrected chi connectivity index (χ1v) is 19.9. The molecule has 53 heavy (non-hydrogen) atoms. The number of carboxylic acid groups (broad SMARTS) is 1. The fourth-order valence-corrected chi connectivity index (χ4v) is 6.19. The van der Waals surface area contributed by atoms with Crippen LogP contribution in [-0.4, -0.2) is 70.1 Å². The average molecular weight is 770 g/mol. The van der Waals surface area contributed by atoms with Crippen molar-refractivity contribution < 1.29 is 14.7 Å². The summed E-state index contributed by atoms with van der Waals surface area (Å²) < 4.78 is 0. The summed E-state index contributed by atoms with van der Waals surface area (Å²) in [7, 11) is 0. The van der Waals surface area contributed by atoms with E-state index in [0.717, 1.165) is 103 Å². The van der Waals surface area contributed by atoms with Crippen molar-refractivity contribution in [1.29, 1.82) is 0 Å². The maximum atomic E-state index is 12.7. The van der Waals surface area contributed by atoms with Gasteiger partial charge in [0.2, 0.25) is 5.91 Å². The van der Waals surface area contributed by atoms with Gasteiger partial charge < -0.3 is 26.0 Å². The number of nitrogens with one attached hydrogen (secondary N) is 3. The van der Waals surface area contributed by atoms with Crippen LogP contribution in [0.2, 0.25) is 10.0 Å². The van der Waals surface area contributed by atoms with Gasteiger partial charge in [0.1, 0.15) is 0 Å². The van der Waals surface area contributed by atoms with Crippen LogP contribution in [0.15, 0.2) is 60.9 Å². The topological polar surface area (TPSA) is 119 Å². The highest BCUT2D eigenvalue weighted by Gasteiger charge is 2.23. The van der Waals surface area contributed by atoms with Crippen LogP contribution >= 0.6 is 23.2 Å². The highest BCUT2D eigenvalue weighted by Crippen LogP contribution is 2.25. The van der Waals surface area contributed by atoms with Crippen molar-refractivity contribution in [2.24, 2.45) is 11.8 Å². The smallest absolute Gasteiger partial charge is 0.306 e. The molecule has 2 heterocycles. The Labute approximate surface area is 327 Å². The molecule has 0 radical (unpaired) electrons. The quantitative estimate of drug-likeness (QED) is 0.0739. The number of fused-ring (bicyclic) bond motifs is 2. The zero-order valence-corrected chi connectivity index (χ0v) is 34.5. The first-order chi connectivity index (χ1) is 25.4. The molecule has 0 unspecified atom stereocenters. The summed E-state index contributed by atoms with van der Waals surface area (Å²) in [5.41, 5.74) is 3.98. The fourth-order valence-electron chi connectivity index (χ4n) is 5.86. The van der Waals surface area contributed by atoms with Crippen LogP contribution in [0.5, 0.6) is 0 Å². The van der Waals surface area contributed by atoms with Crippen molar-refractivity contribution in [1.82, 2.24) is 20.2 Å². The molecule has 2 aromatic carbocycles. The standard InChI is InChI=1S/C21H30ClN3O.C15H20ClN3.C6H12O2/c1-5-16(6-2)21(26)25(15(3)4)13-7-11-23-19-10-12-24-20-14-17(22)8-9-18(19)20;1-11(2)17-7-3-8-18-14-6-9-19-15-10-12(16)4-5-13(14)15;1-3-5(4-2)6(7)8/h8-10,12,14-16H,5-7,11,13H2,1-4H3,(H,23,24);4-6,9-11,17H,3,7-8H2,1-2H3,(H,18,19);5H,3-4H2,1-2H3,(H,7,8). The summed E-state index contributed by atoms with van der Waals surface area (Å²) >= 11 is 12.0. The third-order valence-electron chi connectivity index (χ3n) is 9.10. The summed E-state index contributed by atoms with van der Waals surface area (Å²) in [5, 5.41) is 22.3. The van der Waals surface area contributed by atoms with E-state index < -0.39 is 5.97 Å². The molecule has 0 aliphatic carbocycles. The van der Waals surface area contributed by atoms with Gasteiger partial charge >= 0.3 is 5.97 Å². The molecule has 4 aromatic rings. The predicted octanol–water partition coefficient (Wildman–Crippen LogP) is 10.6. The Hall–Kier alpha value is -3.66. The van der Waals surface area contributed by atoms with Gasteiger partial charge in [0.15, 0.2) is 0 Å². The minimum atomic E-state index is -0.671. The van der Waals surface area contributed by atoms with E-state index >= 15 is 0 Å². The number of nitrogens with zero attached hydrogens (tertiary/aromatic N) is 3. The van der Waals surface area contributed by atoms with Gasteiger partial charge in [-0.25, -0.2) is 0 Å². The van der Waals surface area contributed by atoms with Crippen molar-refractivity contribution in [3.05, 3.63) is 71.0 Å². The van der Waals surface area contributed by atoms with E-state index in [0.29, 0.717) is 11.1 Å². The molecule has 0 atom stereocenters. The van der Waals surface area contributed by atoms with Gasteiger partial charge in [-0.2, -0.15) is 0 Å². The van der Waals surface area contributed by atoms with Crippen molar-refractivity contribution in [3.8, 4) is 0 Å². The van der Waals surface area contributed by atoms with Crippen LogP contribution < -0.4 is 16.0 Å². The molecule has 0 fully saturated rings. The first kappa shape index (κ1) is 45.5. The molecule has 0 aliphatic rings. The number of hydrogen-bond donors (Lipinski definition) is 4. The number of carbonyl (C=O) groups is 2. The van der Waals surface area contributed by atoms with E-state index in [-0.39, 0.29) is 23.8 Å².